The fraction of sp³-hybridized carbons (Fsp3) is 0. The molecule has 11 aromatic carbocycles. The van der Waals surface area contributed by atoms with Crippen molar-refractivity contribution >= 4 is 94.2 Å². The molecule has 0 N–H and O–H groups in total. The minimum absolute atomic E-state index is 1.12. The lowest BCUT2D eigenvalue weighted by Gasteiger charge is -2.34. The molecule has 0 aliphatic carbocycles. The van der Waals surface area contributed by atoms with E-state index in [0.717, 1.165) is 17.1 Å². The second-order valence-electron chi connectivity index (χ2n) is 18.4. The maximum Gasteiger partial charge on any atom is 0.179 e. The molecule has 0 saturated carbocycles. The Kier molecular flexibility index (Phi) is 9.23. The van der Waals surface area contributed by atoms with Crippen LogP contribution < -0.4 is 20.7 Å². The Labute approximate surface area is 407 Å². The van der Waals surface area contributed by atoms with Crippen molar-refractivity contribution in [2.45, 2.75) is 0 Å². The van der Waals surface area contributed by atoms with E-state index in [1.807, 2.05) is 0 Å². The highest BCUT2D eigenvalue weighted by molar-refractivity contribution is 7.19. The summed E-state index contributed by atoms with van der Waals surface area (Å²) < 4.78 is 7.44. The van der Waals surface area contributed by atoms with Gasteiger partial charge in [-0.15, -0.1) is 0 Å². The van der Waals surface area contributed by atoms with Gasteiger partial charge in [0.25, 0.3) is 0 Å². The molecule has 0 aliphatic rings. The molecule has 14 rings (SSSR count). The first kappa shape index (κ1) is 40.1. The lowest BCUT2D eigenvalue weighted by molar-refractivity contribution is 1.15. The van der Waals surface area contributed by atoms with Crippen LogP contribution in [0.15, 0.2) is 273 Å². The van der Waals surface area contributed by atoms with E-state index in [2.05, 4.69) is 287 Å². The number of benzene rings is 11. The van der Waals surface area contributed by atoms with Crippen LogP contribution in [0.2, 0.25) is 0 Å². The van der Waals surface area contributed by atoms with E-state index in [4.69, 9.17) is 0 Å². The van der Waals surface area contributed by atoms with Crippen molar-refractivity contribution in [2.24, 2.45) is 0 Å². The van der Waals surface area contributed by atoms with Crippen molar-refractivity contribution in [2.75, 3.05) is 0 Å². The monoisotopic (exact) mass is 907 g/mol. The van der Waals surface area contributed by atoms with Crippen LogP contribution in [0.25, 0.3) is 93.6 Å². The van der Waals surface area contributed by atoms with E-state index in [1.54, 1.807) is 0 Å². The van der Waals surface area contributed by atoms with Gasteiger partial charge in [0.2, 0.25) is 0 Å². The molecule has 0 saturated heterocycles. The van der Waals surface area contributed by atoms with Gasteiger partial charge in [-0.3, -0.25) is 0 Å². The predicted octanol–water partition coefficient (Wildman–Crippen LogP) is 14.0. The zero-order valence-electron chi connectivity index (χ0n) is 38.3. The molecule has 70 heavy (non-hydrogen) atoms. The van der Waals surface area contributed by atoms with Gasteiger partial charge in [-0.25, -0.2) is 0 Å². The fourth-order valence-corrected chi connectivity index (χ4v) is 16.6. The molecule has 3 nitrogen and oxygen atoms in total. The van der Waals surface area contributed by atoms with Crippen molar-refractivity contribution in [1.82, 2.24) is 13.7 Å². The molecule has 0 amide bonds. The van der Waals surface area contributed by atoms with Gasteiger partial charge in [-0.2, -0.15) is 0 Å². The number of hydrogen-bond acceptors (Lipinski definition) is 0. The normalized spacial score (nSPS) is 12.0. The van der Waals surface area contributed by atoms with Gasteiger partial charge in [0, 0.05) is 60.5 Å². The molecule has 0 fully saturated rings. The summed E-state index contributed by atoms with van der Waals surface area (Å²) >= 11 is 0. The van der Waals surface area contributed by atoms with Crippen molar-refractivity contribution in [3.05, 3.63) is 273 Å². The van der Waals surface area contributed by atoms with Crippen molar-refractivity contribution < 1.29 is 0 Å². The van der Waals surface area contributed by atoms with Gasteiger partial charge in [0.1, 0.15) is 0 Å². The summed E-state index contributed by atoms with van der Waals surface area (Å²) in [6, 6.07) is 101. The summed E-state index contributed by atoms with van der Waals surface area (Å²) in [5, 5.41) is 12.8. The molecule has 0 spiro atoms. The maximum atomic E-state index is 2.51. The van der Waals surface area contributed by atoms with Gasteiger partial charge in [-0.1, -0.05) is 218 Å². The Morgan fingerprint density at radius 1 is 0.214 bits per heavy atom. The zero-order chi connectivity index (χ0) is 46.2. The Hall–Kier alpha value is -8.96. The maximum absolute atomic E-state index is 2.71. The van der Waals surface area contributed by atoms with Crippen LogP contribution in [0.3, 0.4) is 0 Å². The average Bonchev–Trinajstić information content (AvgIpc) is 4.08. The van der Waals surface area contributed by atoms with E-state index in [-0.39, 0.29) is 0 Å². The molecule has 0 radical (unpaired) electrons. The summed E-state index contributed by atoms with van der Waals surface area (Å²) in [5.41, 5.74) is 12.9. The van der Waals surface area contributed by atoms with E-state index in [0.29, 0.717) is 0 Å². The van der Waals surface area contributed by atoms with Crippen LogP contribution in [0.4, 0.5) is 0 Å². The van der Waals surface area contributed by atoms with E-state index < -0.39 is 8.07 Å². The molecule has 0 atom stereocenters. The van der Waals surface area contributed by atoms with E-state index >= 15 is 0 Å². The summed E-state index contributed by atoms with van der Waals surface area (Å²) in [7, 11) is -2.71. The first-order valence-corrected chi connectivity index (χ1v) is 26.2. The molecule has 328 valence electrons. The third kappa shape index (κ3) is 5.94. The molecular formula is C66H45N3Si. The lowest BCUT2D eigenvalue weighted by Crippen LogP contribution is -2.74. The second-order valence-corrected chi connectivity index (χ2v) is 22.2. The summed E-state index contributed by atoms with van der Waals surface area (Å²) in [5.74, 6) is 0. The largest absolute Gasteiger partial charge is 0.309 e. The topological polar surface area (TPSA) is 14.8 Å². The number of fused-ring (bicyclic) bond motifs is 9. The third-order valence-electron chi connectivity index (χ3n) is 14.8. The highest BCUT2D eigenvalue weighted by atomic mass is 28.3. The summed E-state index contributed by atoms with van der Waals surface area (Å²) in [6.45, 7) is 0. The lowest BCUT2D eigenvalue weighted by atomic mass is 9.99. The Morgan fingerprint density at radius 3 is 1.06 bits per heavy atom. The molecule has 4 heteroatoms. The molecule has 3 aromatic heterocycles. The fourth-order valence-electron chi connectivity index (χ4n) is 11.9. The average molecular weight is 908 g/mol. The standard InChI is InChI=1S/C66H45N3Si/c1-5-21-46(22-6-1)68-62-37-17-14-30-54(62)57-32-19-34-59(65(57)68)60-35-20-33-58-55-31-15-18-38-63(55)69(66(58)60)48-41-44-56-53-29-13-16-36-61(53)67(64(56)45-48)47-39-42-52(43-40-47)70(49-23-7-2-8-24-49,50-25-9-3-10-26-50)51-27-11-4-12-28-51/h1-45H. The number of hydrogen-bond donors (Lipinski definition) is 0. The predicted molar refractivity (Wildman–Crippen MR) is 299 cm³/mol. The minimum Gasteiger partial charge on any atom is -0.309 e. The number of para-hydroxylation sites is 6. The SMILES string of the molecule is c1ccc(-n2c3ccccc3c3cccc(-c4cccc5c6ccccc6n(-c6ccc7c8ccccc8n(-c8ccc([Si](c9ccccc9)(c9ccccc9)c9ccccc9)cc8)c7c6)c45)c32)cc1. The van der Waals surface area contributed by atoms with Crippen LogP contribution in [0, 0.1) is 0 Å². The van der Waals surface area contributed by atoms with Crippen LogP contribution in [0.1, 0.15) is 0 Å². The van der Waals surface area contributed by atoms with Crippen LogP contribution in [0.5, 0.6) is 0 Å². The molecule has 0 unspecified atom stereocenters. The van der Waals surface area contributed by atoms with Crippen molar-refractivity contribution in [3.63, 3.8) is 0 Å². The smallest absolute Gasteiger partial charge is 0.179 e. The van der Waals surface area contributed by atoms with Gasteiger partial charge >= 0.3 is 0 Å². The van der Waals surface area contributed by atoms with Crippen LogP contribution >= 0.6 is 0 Å². The second kappa shape index (κ2) is 16.1. The van der Waals surface area contributed by atoms with Crippen molar-refractivity contribution in [1.29, 1.82) is 0 Å². The van der Waals surface area contributed by atoms with Crippen molar-refractivity contribution in [3.8, 4) is 28.2 Å². The third-order valence-corrected chi connectivity index (χ3v) is 19.6. The Morgan fingerprint density at radius 2 is 0.557 bits per heavy atom. The molecule has 0 aliphatic heterocycles. The van der Waals surface area contributed by atoms with Gasteiger partial charge in [-0.05, 0) is 75.3 Å². The minimum atomic E-state index is -2.71. The number of aromatic nitrogens is 3. The Balaban J connectivity index is 1.01. The number of rotatable bonds is 8. The summed E-state index contributed by atoms with van der Waals surface area (Å²) in [4.78, 5) is 0. The summed E-state index contributed by atoms with van der Waals surface area (Å²) in [6.07, 6.45) is 0. The van der Waals surface area contributed by atoms with Gasteiger partial charge < -0.3 is 13.7 Å². The van der Waals surface area contributed by atoms with Crippen LogP contribution in [-0.2, 0) is 0 Å². The van der Waals surface area contributed by atoms with Gasteiger partial charge in [0.05, 0.1) is 33.1 Å². The quantitative estimate of drug-likeness (QED) is 0.107. The zero-order valence-corrected chi connectivity index (χ0v) is 39.3. The number of nitrogens with zero attached hydrogens (tertiary/aromatic N) is 3. The van der Waals surface area contributed by atoms with E-state index in [1.165, 1.54) is 97.3 Å². The highest BCUT2D eigenvalue weighted by Gasteiger charge is 2.41. The Bertz CT molecular complexity index is 4170. The van der Waals surface area contributed by atoms with E-state index in [9.17, 15) is 0 Å². The molecule has 3 heterocycles. The van der Waals surface area contributed by atoms with Crippen LogP contribution in [-0.4, -0.2) is 21.8 Å². The highest BCUT2D eigenvalue weighted by Crippen LogP contribution is 2.44. The molecule has 14 aromatic rings. The molecular weight excluding hydrogens is 863 g/mol. The first-order chi connectivity index (χ1) is 34.8. The molecule has 0 bridgehead atoms. The first-order valence-electron chi connectivity index (χ1n) is 24.2. The van der Waals surface area contributed by atoms with Gasteiger partial charge in [0.15, 0.2) is 8.07 Å².